The number of carbonyl (C=O) groups excluding carboxylic acids is 2. The molecule has 2 bridgehead atoms. The van der Waals surface area contributed by atoms with Gasteiger partial charge in [-0.1, -0.05) is 6.42 Å². The number of nitrogens with zero attached hydrogens (tertiary/aromatic N) is 3. The Labute approximate surface area is 235 Å². The molecule has 0 radical (unpaired) electrons. The molecule has 4 heterocycles. The van der Waals surface area contributed by atoms with Crippen LogP contribution in [0.4, 0.5) is 4.39 Å². The van der Waals surface area contributed by atoms with E-state index < -0.39 is 5.82 Å². The van der Waals surface area contributed by atoms with E-state index in [0.717, 1.165) is 49.4 Å². The summed E-state index contributed by atoms with van der Waals surface area (Å²) in [7, 11) is 1.74. The second-order valence-corrected chi connectivity index (χ2v) is 12.3. The summed E-state index contributed by atoms with van der Waals surface area (Å²) in [5.74, 6) is 0.222. The molecule has 2 aliphatic carbocycles. The lowest BCUT2D eigenvalue weighted by Crippen LogP contribution is -2.60. The number of hydrogen-bond acceptors (Lipinski definition) is 4. The quantitative estimate of drug-likeness (QED) is 0.440. The maximum atomic E-state index is 14.4. The number of carbonyl (C=O) groups is 2. The van der Waals surface area contributed by atoms with Crippen molar-refractivity contribution in [1.29, 1.82) is 0 Å². The Morgan fingerprint density at radius 2 is 1.93 bits per heavy atom. The third-order valence-electron chi connectivity index (χ3n) is 9.58. The van der Waals surface area contributed by atoms with Crippen LogP contribution in [0.5, 0.6) is 0 Å². The first-order valence-electron chi connectivity index (χ1n) is 14.9. The van der Waals surface area contributed by atoms with Crippen molar-refractivity contribution in [3.63, 3.8) is 0 Å². The summed E-state index contributed by atoms with van der Waals surface area (Å²) in [5.41, 5.74) is 3.04. The van der Waals surface area contributed by atoms with Crippen molar-refractivity contribution in [3.05, 3.63) is 59.8 Å². The van der Waals surface area contributed by atoms with Crippen LogP contribution in [0.25, 0.3) is 16.6 Å². The summed E-state index contributed by atoms with van der Waals surface area (Å²) < 4.78 is 16.4. The summed E-state index contributed by atoms with van der Waals surface area (Å²) in [6, 6.07) is 6.99. The van der Waals surface area contributed by atoms with Gasteiger partial charge in [0.25, 0.3) is 5.91 Å². The molecule has 40 heavy (non-hydrogen) atoms. The summed E-state index contributed by atoms with van der Waals surface area (Å²) in [6.07, 6.45) is 14.3. The van der Waals surface area contributed by atoms with E-state index in [1.807, 2.05) is 30.7 Å². The second kappa shape index (κ2) is 11.0. The highest BCUT2D eigenvalue weighted by atomic mass is 19.1. The molecule has 4 fully saturated rings. The normalized spacial score (nSPS) is 26.3. The van der Waals surface area contributed by atoms with Gasteiger partial charge in [0, 0.05) is 43.0 Å². The average Bonchev–Trinajstić information content (AvgIpc) is 3.36. The zero-order chi connectivity index (χ0) is 28.0. The largest absolute Gasteiger partial charge is 0.352 e. The highest BCUT2D eigenvalue weighted by molar-refractivity contribution is 5.99. The minimum Gasteiger partial charge on any atom is -0.352 e. The number of nitrogens with one attached hydrogen (secondary N) is 2. The standard InChI is InChI=1S/C32H40FN5O2/c1-19(2)37(3)32(40)26-16-22(33)9-12-28(26)38-18-27(25-13-14-34-17-29(25)38)21-5-4-6-24(15-21)36-31(39)30-20-7-10-23(35-30)11-8-20/h9,12-14,16-21,23-24,30,35H,4-8,10-11,15H2,1-3H3,(H,36,39)/t20?,21?,23?,24-,30-/m0/s1. The van der Waals surface area contributed by atoms with E-state index >= 15 is 0 Å². The van der Waals surface area contributed by atoms with Gasteiger partial charge in [-0.05, 0) is 100 Å². The lowest BCUT2D eigenvalue weighted by atomic mass is 9.75. The van der Waals surface area contributed by atoms with Crippen molar-refractivity contribution in [2.75, 3.05) is 7.05 Å². The molecule has 0 spiro atoms. The molecule has 2 saturated carbocycles. The van der Waals surface area contributed by atoms with Gasteiger partial charge >= 0.3 is 0 Å². The number of hydrogen-bond donors (Lipinski definition) is 2. The van der Waals surface area contributed by atoms with Crippen molar-refractivity contribution < 1.29 is 14.0 Å². The highest BCUT2D eigenvalue weighted by Crippen LogP contribution is 2.39. The molecule has 2 N–H and O–H groups in total. The van der Waals surface area contributed by atoms with Gasteiger partial charge in [0.15, 0.2) is 0 Å². The van der Waals surface area contributed by atoms with Crippen LogP contribution in [0.3, 0.4) is 0 Å². The minimum atomic E-state index is -0.439. The Morgan fingerprint density at radius 1 is 1.12 bits per heavy atom. The summed E-state index contributed by atoms with van der Waals surface area (Å²) in [5, 5.41) is 8.07. The van der Waals surface area contributed by atoms with E-state index in [4.69, 9.17) is 0 Å². The summed E-state index contributed by atoms with van der Waals surface area (Å²) >= 11 is 0. The third kappa shape index (κ3) is 5.02. The van der Waals surface area contributed by atoms with Crippen LogP contribution in [0.2, 0.25) is 0 Å². The van der Waals surface area contributed by atoms with Crippen LogP contribution >= 0.6 is 0 Å². The van der Waals surface area contributed by atoms with Gasteiger partial charge in [-0.3, -0.25) is 14.6 Å². The minimum absolute atomic E-state index is 0.0179. The fraction of sp³-hybridized carbons (Fsp3) is 0.531. The Hall–Kier alpha value is -3.26. The number of piperidine rings is 2. The molecular weight excluding hydrogens is 505 g/mol. The molecule has 2 saturated heterocycles. The molecule has 3 aromatic rings. The Morgan fingerprint density at radius 3 is 2.65 bits per heavy atom. The number of fused-ring (bicyclic) bond motifs is 4. The van der Waals surface area contributed by atoms with Crippen LogP contribution in [0, 0.1) is 11.7 Å². The number of aromatic nitrogens is 2. The van der Waals surface area contributed by atoms with E-state index in [2.05, 4.69) is 21.8 Å². The van der Waals surface area contributed by atoms with Crippen molar-refractivity contribution in [2.24, 2.45) is 5.92 Å². The molecule has 3 atom stereocenters. The predicted octanol–water partition coefficient (Wildman–Crippen LogP) is 5.32. The van der Waals surface area contributed by atoms with Crippen LogP contribution in [-0.2, 0) is 4.79 Å². The summed E-state index contributed by atoms with van der Waals surface area (Å²) in [4.78, 5) is 32.7. The first kappa shape index (κ1) is 26.9. The molecule has 8 heteroatoms. The van der Waals surface area contributed by atoms with Gasteiger partial charge in [-0.25, -0.2) is 4.39 Å². The number of halogens is 1. The molecule has 7 nitrogen and oxygen atoms in total. The SMILES string of the molecule is CC(C)N(C)C(=O)c1cc(F)ccc1-n1cc(C2CCC[C@H](NC(=O)[C@H]3NC4CCC3CC4)C2)c2ccncc21. The monoisotopic (exact) mass is 545 g/mol. The van der Waals surface area contributed by atoms with Gasteiger partial charge < -0.3 is 20.1 Å². The maximum Gasteiger partial charge on any atom is 0.256 e. The maximum absolute atomic E-state index is 14.4. The molecule has 4 aliphatic rings. The van der Waals surface area contributed by atoms with Gasteiger partial charge in [0.2, 0.25) is 5.91 Å². The van der Waals surface area contributed by atoms with Crippen molar-refractivity contribution in [2.45, 2.75) is 95.3 Å². The molecular formula is C32H40FN5O2. The topological polar surface area (TPSA) is 79.3 Å². The number of benzene rings is 1. The molecule has 2 amide bonds. The fourth-order valence-corrected chi connectivity index (χ4v) is 7.13. The second-order valence-electron chi connectivity index (χ2n) is 12.3. The number of pyridine rings is 1. The molecule has 1 unspecified atom stereocenters. The Balaban J connectivity index is 1.29. The van der Waals surface area contributed by atoms with Crippen molar-refractivity contribution >= 4 is 22.7 Å². The van der Waals surface area contributed by atoms with E-state index in [9.17, 15) is 14.0 Å². The summed E-state index contributed by atoms with van der Waals surface area (Å²) in [6.45, 7) is 3.88. The van der Waals surface area contributed by atoms with Crippen LogP contribution < -0.4 is 10.6 Å². The lowest BCUT2D eigenvalue weighted by Gasteiger charge is -2.43. The zero-order valence-electron chi connectivity index (χ0n) is 23.7. The molecule has 2 aliphatic heterocycles. The molecule has 2 aromatic heterocycles. The fourth-order valence-electron chi connectivity index (χ4n) is 7.13. The first-order chi connectivity index (χ1) is 19.3. The van der Waals surface area contributed by atoms with Gasteiger partial charge in [-0.15, -0.1) is 0 Å². The van der Waals surface area contributed by atoms with E-state index in [0.29, 0.717) is 23.2 Å². The van der Waals surface area contributed by atoms with Crippen molar-refractivity contribution in [3.8, 4) is 5.69 Å². The molecule has 7 rings (SSSR count). The van der Waals surface area contributed by atoms with E-state index in [1.54, 1.807) is 24.2 Å². The van der Waals surface area contributed by atoms with Gasteiger partial charge in [0.05, 0.1) is 29.0 Å². The molecule has 1 aromatic carbocycles. The van der Waals surface area contributed by atoms with E-state index in [-0.39, 0.29) is 35.9 Å². The lowest BCUT2D eigenvalue weighted by molar-refractivity contribution is -0.127. The van der Waals surface area contributed by atoms with Crippen LogP contribution in [0.15, 0.2) is 42.9 Å². The highest BCUT2D eigenvalue weighted by Gasteiger charge is 2.40. The first-order valence-corrected chi connectivity index (χ1v) is 14.9. The molecule has 212 valence electrons. The smallest absolute Gasteiger partial charge is 0.256 e. The Kier molecular flexibility index (Phi) is 7.38. The van der Waals surface area contributed by atoms with E-state index in [1.165, 1.54) is 30.5 Å². The van der Waals surface area contributed by atoms with Crippen LogP contribution in [0.1, 0.15) is 87.1 Å². The number of rotatable bonds is 6. The van der Waals surface area contributed by atoms with Gasteiger partial charge in [-0.2, -0.15) is 0 Å². The third-order valence-corrected chi connectivity index (χ3v) is 9.58. The zero-order valence-corrected chi connectivity index (χ0v) is 23.7. The predicted molar refractivity (Wildman–Crippen MR) is 154 cm³/mol. The Bertz CT molecular complexity index is 1410. The van der Waals surface area contributed by atoms with Crippen LogP contribution in [-0.4, -0.2) is 57.5 Å². The van der Waals surface area contributed by atoms with Gasteiger partial charge in [0.1, 0.15) is 5.82 Å². The average molecular weight is 546 g/mol. The number of amides is 2. The van der Waals surface area contributed by atoms with Crippen molar-refractivity contribution in [1.82, 2.24) is 25.1 Å².